The second-order valence-corrected chi connectivity index (χ2v) is 5.71. The maximum absolute atomic E-state index is 2.37. The van der Waals surface area contributed by atoms with Gasteiger partial charge in [0.05, 0.1) is 0 Å². The van der Waals surface area contributed by atoms with E-state index in [0.717, 1.165) is 23.7 Å². The summed E-state index contributed by atoms with van der Waals surface area (Å²) in [7, 11) is 0. The van der Waals surface area contributed by atoms with Crippen molar-refractivity contribution in [3.63, 3.8) is 0 Å². The number of hydrogen-bond donors (Lipinski definition) is 0. The van der Waals surface area contributed by atoms with Crippen molar-refractivity contribution in [2.75, 3.05) is 0 Å². The molecule has 13 heavy (non-hydrogen) atoms. The van der Waals surface area contributed by atoms with Crippen molar-refractivity contribution in [3.05, 3.63) is 0 Å². The summed E-state index contributed by atoms with van der Waals surface area (Å²) in [5.41, 5.74) is 0. The second kappa shape index (κ2) is 5.02. The predicted octanol–water partition coefficient (Wildman–Crippen LogP) is 4.49. The van der Waals surface area contributed by atoms with Gasteiger partial charge in [0.15, 0.2) is 0 Å². The van der Waals surface area contributed by atoms with Crippen molar-refractivity contribution in [2.45, 2.75) is 59.8 Å². The molecule has 1 fully saturated rings. The minimum absolute atomic E-state index is 0.901. The van der Waals surface area contributed by atoms with Gasteiger partial charge < -0.3 is 0 Å². The highest BCUT2D eigenvalue weighted by atomic mass is 14.3. The van der Waals surface area contributed by atoms with Crippen molar-refractivity contribution >= 4 is 0 Å². The molecule has 1 saturated carbocycles. The van der Waals surface area contributed by atoms with E-state index in [4.69, 9.17) is 0 Å². The molecular weight excluding hydrogens is 156 g/mol. The molecule has 0 aromatic heterocycles. The number of rotatable bonds is 4. The van der Waals surface area contributed by atoms with E-state index in [0.29, 0.717) is 0 Å². The molecule has 0 nitrogen and oxygen atoms in total. The van der Waals surface area contributed by atoms with Gasteiger partial charge >= 0.3 is 0 Å². The SMILES string of the molecule is CC(C)CC1CCCC1CC(C)C. The Morgan fingerprint density at radius 2 is 1.23 bits per heavy atom. The first-order valence-corrected chi connectivity index (χ1v) is 6.09. The quantitative estimate of drug-likeness (QED) is 0.600. The average molecular weight is 182 g/mol. The van der Waals surface area contributed by atoms with Gasteiger partial charge in [0.25, 0.3) is 0 Å². The van der Waals surface area contributed by atoms with Crippen LogP contribution in [0.5, 0.6) is 0 Å². The Bertz CT molecular complexity index is 119. The third-order valence-corrected chi connectivity index (χ3v) is 3.36. The van der Waals surface area contributed by atoms with Gasteiger partial charge in [0.2, 0.25) is 0 Å². The lowest BCUT2D eigenvalue weighted by molar-refractivity contribution is 0.282. The highest BCUT2D eigenvalue weighted by molar-refractivity contribution is 4.78. The van der Waals surface area contributed by atoms with Crippen molar-refractivity contribution < 1.29 is 0 Å². The summed E-state index contributed by atoms with van der Waals surface area (Å²) >= 11 is 0. The Hall–Kier alpha value is 0. The van der Waals surface area contributed by atoms with Crippen molar-refractivity contribution in [2.24, 2.45) is 23.7 Å². The molecule has 1 rings (SSSR count). The summed E-state index contributed by atoms with van der Waals surface area (Å²) in [4.78, 5) is 0. The molecule has 0 bridgehead atoms. The van der Waals surface area contributed by atoms with Crippen molar-refractivity contribution in [1.82, 2.24) is 0 Å². The fourth-order valence-corrected chi connectivity index (χ4v) is 2.95. The minimum Gasteiger partial charge on any atom is -0.0628 e. The normalized spacial score (nSPS) is 29.1. The van der Waals surface area contributed by atoms with E-state index in [2.05, 4.69) is 27.7 Å². The Morgan fingerprint density at radius 1 is 0.846 bits per heavy atom. The Balaban J connectivity index is 2.35. The summed E-state index contributed by atoms with van der Waals surface area (Å²) in [6, 6.07) is 0. The molecular formula is C13H26. The van der Waals surface area contributed by atoms with Crippen molar-refractivity contribution in [1.29, 1.82) is 0 Å². The van der Waals surface area contributed by atoms with Crippen LogP contribution in [0.25, 0.3) is 0 Å². The Labute approximate surface area is 84.1 Å². The van der Waals surface area contributed by atoms with Crippen LogP contribution < -0.4 is 0 Å². The van der Waals surface area contributed by atoms with E-state index in [-0.39, 0.29) is 0 Å². The lowest BCUT2D eigenvalue weighted by Crippen LogP contribution is -2.12. The summed E-state index contributed by atoms with van der Waals surface area (Å²) in [5, 5.41) is 0. The molecule has 0 heterocycles. The first-order valence-electron chi connectivity index (χ1n) is 6.09. The highest BCUT2D eigenvalue weighted by Crippen LogP contribution is 2.39. The summed E-state index contributed by atoms with van der Waals surface area (Å²) in [6.07, 6.45) is 7.45. The van der Waals surface area contributed by atoms with Gasteiger partial charge in [-0.2, -0.15) is 0 Å². The third-order valence-electron chi connectivity index (χ3n) is 3.36. The van der Waals surface area contributed by atoms with Crippen LogP contribution in [0.4, 0.5) is 0 Å². The van der Waals surface area contributed by atoms with Crippen LogP contribution in [-0.4, -0.2) is 0 Å². The predicted molar refractivity (Wildman–Crippen MR) is 59.7 cm³/mol. The summed E-state index contributed by atoms with van der Waals surface area (Å²) < 4.78 is 0. The topological polar surface area (TPSA) is 0 Å². The van der Waals surface area contributed by atoms with E-state index in [9.17, 15) is 0 Å². The smallest absolute Gasteiger partial charge is 0.0383 e. The van der Waals surface area contributed by atoms with Gasteiger partial charge in [0, 0.05) is 0 Å². The second-order valence-electron chi connectivity index (χ2n) is 5.71. The molecule has 0 N–H and O–H groups in total. The lowest BCUT2D eigenvalue weighted by atomic mass is 9.83. The first kappa shape index (κ1) is 11.1. The first-order chi connectivity index (χ1) is 6.09. The van der Waals surface area contributed by atoms with Crippen LogP contribution in [0.15, 0.2) is 0 Å². The maximum atomic E-state index is 2.37. The highest BCUT2D eigenvalue weighted by Gasteiger charge is 2.27. The van der Waals surface area contributed by atoms with Gasteiger partial charge in [-0.15, -0.1) is 0 Å². The van der Waals surface area contributed by atoms with Gasteiger partial charge in [-0.3, -0.25) is 0 Å². The van der Waals surface area contributed by atoms with Crippen LogP contribution in [0.2, 0.25) is 0 Å². The molecule has 1 aliphatic rings. The average Bonchev–Trinajstić information content (AvgIpc) is 2.34. The van der Waals surface area contributed by atoms with Crippen LogP contribution in [0.1, 0.15) is 59.8 Å². The van der Waals surface area contributed by atoms with Crippen LogP contribution >= 0.6 is 0 Å². The van der Waals surface area contributed by atoms with Gasteiger partial charge in [-0.05, 0) is 36.5 Å². The van der Waals surface area contributed by atoms with Crippen LogP contribution in [0.3, 0.4) is 0 Å². The van der Waals surface area contributed by atoms with Crippen LogP contribution in [-0.2, 0) is 0 Å². The third kappa shape index (κ3) is 3.70. The maximum Gasteiger partial charge on any atom is -0.0383 e. The zero-order chi connectivity index (χ0) is 9.84. The fraction of sp³-hybridized carbons (Fsp3) is 1.00. The molecule has 0 radical (unpaired) electrons. The monoisotopic (exact) mass is 182 g/mol. The van der Waals surface area contributed by atoms with E-state index in [1.165, 1.54) is 32.1 Å². The zero-order valence-corrected chi connectivity index (χ0v) is 9.84. The molecule has 78 valence electrons. The van der Waals surface area contributed by atoms with Gasteiger partial charge in [0.1, 0.15) is 0 Å². The van der Waals surface area contributed by atoms with Crippen molar-refractivity contribution in [3.8, 4) is 0 Å². The standard InChI is InChI=1S/C13H26/c1-10(2)8-12-6-5-7-13(12)9-11(3)4/h10-13H,5-9H2,1-4H3. The van der Waals surface area contributed by atoms with E-state index in [1.54, 1.807) is 0 Å². The molecule has 0 heteroatoms. The lowest BCUT2D eigenvalue weighted by Gasteiger charge is -2.22. The number of hydrogen-bond acceptors (Lipinski definition) is 0. The Kier molecular flexibility index (Phi) is 4.28. The van der Waals surface area contributed by atoms with Gasteiger partial charge in [-0.25, -0.2) is 0 Å². The van der Waals surface area contributed by atoms with Gasteiger partial charge in [-0.1, -0.05) is 47.0 Å². The zero-order valence-electron chi connectivity index (χ0n) is 9.84. The fourth-order valence-electron chi connectivity index (χ4n) is 2.95. The van der Waals surface area contributed by atoms with Crippen LogP contribution in [0, 0.1) is 23.7 Å². The molecule has 0 amide bonds. The summed E-state index contributed by atoms with van der Waals surface area (Å²) in [5.74, 6) is 3.92. The molecule has 0 aromatic rings. The molecule has 0 aromatic carbocycles. The summed E-state index contributed by atoms with van der Waals surface area (Å²) in [6.45, 7) is 9.46. The largest absolute Gasteiger partial charge is 0.0628 e. The van der Waals surface area contributed by atoms with E-state index >= 15 is 0 Å². The van der Waals surface area contributed by atoms with E-state index in [1.807, 2.05) is 0 Å². The molecule has 0 aliphatic heterocycles. The molecule has 2 atom stereocenters. The van der Waals surface area contributed by atoms with E-state index < -0.39 is 0 Å². The molecule has 0 saturated heterocycles. The minimum atomic E-state index is 0.901. The molecule has 2 unspecified atom stereocenters. The molecule has 1 aliphatic carbocycles. The molecule has 0 spiro atoms. The Morgan fingerprint density at radius 3 is 1.54 bits per heavy atom.